The fourth-order valence-electron chi connectivity index (χ4n) is 2.19. The van der Waals surface area contributed by atoms with E-state index in [4.69, 9.17) is 10.00 Å². The van der Waals surface area contributed by atoms with Crippen LogP contribution >= 0.6 is 11.3 Å². The second kappa shape index (κ2) is 9.68. The molecule has 7 heteroatoms. The Morgan fingerprint density at radius 2 is 2.04 bits per heavy atom. The van der Waals surface area contributed by atoms with E-state index in [-0.39, 0.29) is 26.0 Å². The highest BCUT2D eigenvalue weighted by molar-refractivity contribution is 7.13. The minimum absolute atomic E-state index is 0.0199. The van der Waals surface area contributed by atoms with Crippen molar-refractivity contribution in [2.45, 2.75) is 32.6 Å². The van der Waals surface area contributed by atoms with E-state index in [9.17, 15) is 9.59 Å². The zero-order chi connectivity index (χ0) is 18.9. The number of esters is 1. The summed E-state index contributed by atoms with van der Waals surface area (Å²) in [5.74, 6) is -0.451. The van der Waals surface area contributed by atoms with E-state index >= 15 is 0 Å². The summed E-state index contributed by atoms with van der Waals surface area (Å²) in [6.07, 6.45) is 0.242. The number of amides is 1. The number of carbonyl (C=O) groups excluding carboxylic acids is 2. The van der Waals surface area contributed by atoms with E-state index < -0.39 is 11.9 Å². The Labute approximate surface area is 156 Å². The van der Waals surface area contributed by atoms with Crippen LogP contribution < -0.4 is 5.32 Å². The molecule has 1 heterocycles. The molecule has 0 aliphatic carbocycles. The van der Waals surface area contributed by atoms with E-state index in [2.05, 4.69) is 36.3 Å². The van der Waals surface area contributed by atoms with E-state index in [1.165, 1.54) is 16.9 Å². The summed E-state index contributed by atoms with van der Waals surface area (Å²) in [6, 6.07) is 10.1. The molecule has 0 atom stereocenters. The Kier molecular flexibility index (Phi) is 7.30. The van der Waals surface area contributed by atoms with Gasteiger partial charge in [-0.25, -0.2) is 4.98 Å². The highest BCUT2D eigenvalue weighted by Crippen LogP contribution is 2.26. The predicted molar refractivity (Wildman–Crippen MR) is 99.5 cm³/mol. The van der Waals surface area contributed by atoms with Crippen LogP contribution in [0.25, 0.3) is 10.6 Å². The number of aromatic nitrogens is 1. The molecule has 0 unspecified atom stereocenters. The highest BCUT2D eigenvalue weighted by Gasteiger charge is 2.12. The van der Waals surface area contributed by atoms with Crippen molar-refractivity contribution in [1.29, 1.82) is 5.26 Å². The third kappa shape index (κ3) is 5.97. The molecule has 0 saturated carbocycles. The van der Waals surface area contributed by atoms with Crippen LogP contribution in [-0.4, -0.2) is 30.0 Å². The minimum Gasteiger partial charge on any atom is -0.455 e. The van der Waals surface area contributed by atoms with Crippen LogP contribution in [0.15, 0.2) is 29.6 Å². The maximum atomic E-state index is 11.8. The fourth-order valence-corrected chi connectivity index (χ4v) is 3.01. The molecular weight excluding hydrogens is 350 g/mol. The Balaban J connectivity index is 1.85. The van der Waals surface area contributed by atoms with Crippen molar-refractivity contribution >= 4 is 23.2 Å². The minimum atomic E-state index is -0.507. The number of carbonyl (C=O) groups is 2. The molecule has 2 aromatic rings. The molecule has 0 spiro atoms. The van der Waals surface area contributed by atoms with Crippen molar-refractivity contribution in [3.63, 3.8) is 0 Å². The number of nitrogens with one attached hydrogen (secondary N) is 1. The Morgan fingerprint density at radius 1 is 1.31 bits per heavy atom. The van der Waals surface area contributed by atoms with Gasteiger partial charge in [-0.15, -0.1) is 11.3 Å². The molecule has 1 amide bonds. The summed E-state index contributed by atoms with van der Waals surface area (Å²) in [7, 11) is 0. The Morgan fingerprint density at radius 3 is 2.69 bits per heavy atom. The van der Waals surface area contributed by atoms with Crippen LogP contribution in [0.2, 0.25) is 0 Å². The number of thiazole rings is 1. The number of hydrogen-bond acceptors (Lipinski definition) is 6. The summed E-state index contributed by atoms with van der Waals surface area (Å²) in [4.78, 5) is 27.7. The number of ether oxygens (including phenoxy) is 1. The lowest BCUT2D eigenvalue weighted by Crippen LogP contribution is -2.29. The Bertz CT molecular complexity index is 791. The van der Waals surface area contributed by atoms with Crippen LogP contribution in [0.5, 0.6) is 0 Å². The third-order valence-corrected chi connectivity index (χ3v) is 4.56. The number of benzene rings is 1. The summed E-state index contributed by atoms with van der Waals surface area (Å²) < 4.78 is 4.93. The van der Waals surface area contributed by atoms with Gasteiger partial charge in [-0.05, 0) is 11.5 Å². The maximum Gasteiger partial charge on any atom is 0.312 e. The second-order valence-corrected chi connectivity index (χ2v) is 6.87. The smallest absolute Gasteiger partial charge is 0.312 e. The molecule has 0 radical (unpaired) electrons. The number of nitriles is 1. The van der Waals surface area contributed by atoms with Crippen molar-refractivity contribution in [2.75, 3.05) is 13.2 Å². The number of hydrogen-bond donors (Lipinski definition) is 1. The van der Waals surface area contributed by atoms with Gasteiger partial charge in [-0.2, -0.15) is 5.26 Å². The molecule has 1 aromatic heterocycles. The van der Waals surface area contributed by atoms with Gasteiger partial charge in [0.1, 0.15) is 5.01 Å². The lowest BCUT2D eigenvalue weighted by Gasteiger charge is -2.05. The summed E-state index contributed by atoms with van der Waals surface area (Å²) in [6.45, 7) is 4.19. The molecule has 2 rings (SSSR count). The van der Waals surface area contributed by atoms with Gasteiger partial charge in [0.2, 0.25) is 0 Å². The maximum absolute atomic E-state index is 11.8. The van der Waals surface area contributed by atoms with E-state index in [1.54, 1.807) is 0 Å². The van der Waals surface area contributed by atoms with Gasteiger partial charge < -0.3 is 10.1 Å². The van der Waals surface area contributed by atoms with Crippen molar-refractivity contribution in [3.8, 4) is 16.6 Å². The van der Waals surface area contributed by atoms with Crippen LogP contribution in [0.1, 0.15) is 37.4 Å². The molecule has 0 bridgehead atoms. The molecule has 0 fully saturated rings. The first-order chi connectivity index (χ1) is 12.5. The average Bonchev–Trinajstić information content (AvgIpc) is 3.08. The quantitative estimate of drug-likeness (QED) is 0.569. The molecule has 0 aliphatic heterocycles. The van der Waals surface area contributed by atoms with E-state index in [1.807, 2.05) is 23.6 Å². The largest absolute Gasteiger partial charge is 0.455 e. The van der Waals surface area contributed by atoms with Crippen LogP contribution in [-0.2, 0) is 20.7 Å². The normalized spacial score (nSPS) is 10.4. The van der Waals surface area contributed by atoms with E-state index in [0.717, 1.165) is 10.6 Å². The van der Waals surface area contributed by atoms with E-state index in [0.29, 0.717) is 11.6 Å². The molecule has 136 valence electrons. The SMILES string of the molecule is CC(C)c1ccc(-c2nc(CC(=O)OCC(=O)NCCC#N)cs2)cc1. The first-order valence-electron chi connectivity index (χ1n) is 8.33. The monoisotopic (exact) mass is 371 g/mol. The van der Waals surface area contributed by atoms with Gasteiger partial charge in [0.25, 0.3) is 5.91 Å². The first kappa shape index (κ1) is 19.6. The molecule has 0 saturated heterocycles. The van der Waals surface area contributed by atoms with Crippen LogP contribution in [0.3, 0.4) is 0 Å². The van der Waals surface area contributed by atoms with Crippen molar-refractivity contribution < 1.29 is 14.3 Å². The van der Waals surface area contributed by atoms with Crippen molar-refractivity contribution in [2.24, 2.45) is 0 Å². The molecular formula is C19H21N3O3S. The molecule has 0 aliphatic rings. The van der Waals surface area contributed by atoms with Gasteiger partial charge >= 0.3 is 5.97 Å². The lowest BCUT2D eigenvalue weighted by molar-refractivity contribution is -0.147. The second-order valence-electron chi connectivity index (χ2n) is 6.02. The summed E-state index contributed by atoms with van der Waals surface area (Å²) >= 11 is 1.47. The number of nitrogens with zero attached hydrogens (tertiary/aromatic N) is 2. The predicted octanol–water partition coefficient (Wildman–Crippen LogP) is 3.05. The zero-order valence-electron chi connectivity index (χ0n) is 14.8. The number of rotatable bonds is 8. The summed E-state index contributed by atoms with van der Waals surface area (Å²) in [5.41, 5.74) is 2.89. The van der Waals surface area contributed by atoms with Crippen molar-refractivity contribution in [1.82, 2.24) is 10.3 Å². The molecule has 1 aromatic carbocycles. The van der Waals surface area contributed by atoms with Gasteiger partial charge in [-0.1, -0.05) is 38.1 Å². The standard InChI is InChI=1S/C19H21N3O3S/c1-13(2)14-4-6-15(7-5-14)19-22-16(12-26-19)10-18(24)25-11-17(23)21-9-3-8-20/h4-7,12-13H,3,9-11H2,1-2H3,(H,21,23). The third-order valence-electron chi connectivity index (χ3n) is 3.62. The summed E-state index contributed by atoms with van der Waals surface area (Å²) in [5, 5.41) is 13.5. The van der Waals surface area contributed by atoms with Crippen molar-refractivity contribution in [3.05, 3.63) is 40.9 Å². The molecule has 26 heavy (non-hydrogen) atoms. The van der Waals surface area contributed by atoms with Gasteiger partial charge in [-0.3, -0.25) is 9.59 Å². The lowest BCUT2D eigenvalue weighted by atomic mass is 10.0. The molecule has 6 nitrogen and oxygen atoms in total. The van der Waals surface area contributed by atoms with Gasteiger partial charge in [0.15, 0.2) is 6.61 Å². The van der Waals surface area contributed by atoms with Gasteiger partial charge in [0, 0.05) is 17.5 Å². The Hall–Kier alpha value is -2.72. The first-order valence-corrected chi connectivity index (χ1v) is 9.21. The average molecular weight is 371 g/mol. The van der Waals surface area contributed by atoms with Crippen LogP contribution in [0, 0.1) is 11.3 Å². The van der Waals surface area contributed by atoms with Gasteiger partial charge in [0.05, 0.1) is 24.6 Å². The fraction of sp³-hybridized carbons (Fsp3) is 0.368. The van der Waals surface area contributed by atoms with Crippen LogP contribution in [0.4, 0.5) is 0 Å². The topological polar surface area (TPSA) is 92.1 Å². The molecule has 1 N–H and O–H groups in total. The zero-order valence-corrected chi connectivity index (χ0v) is 15.6. The highest BCUT2D eigenvalue weighted by atomic mass is 32.1.